The molecule has 6 heteroatoms. The molecule has 0 aliphatic carbocycles. The van der Waals surface area contributed by atoms with E-state index in [9.17, 15) is 13.2 Å². The van der Waals surface area contributed by atoms with Gasteiger partial charge in [0.15, 0.2) is 0 Å². The van der Waals surface area contributed by atoms with Gasteiger partial charge in [-0.05, 0) is 23.6 Å². The Balaban J connectivity index is 2.00. The second-order valence-corrected chi connectivity index (χ2v) is 6.45. The maximum atomic E-state index is 12.7. The summed E-state index contributed by atoms with van der Waals surface area (Å²) in [7, 11) is 0. The predicted molar refractivity (Wildman–Crippen MR) is 82.7 cm³/mol. The van der Waals surface area contributed by atoms with Crippen molar-refractivity contribution in [2.75, 3.05) is 32.7 Å². The van der Waals surface area contributed by atoms with Crippen LogP contribution in [0.4, 0.5) is 13.2 Å². The lowest BCUT2D eigenvalue weighted by molar-refractivity contribution is -0.137. The van der Waals surface area contributed by atoms with Crippen LogP contribution in [0.15, 0.2) is 18.2 Å². The molecule has 0 spiro atoms. The van der Waals surface area contributed by atoms with E-state index in [1.165, 1.54) is 6.07 Å². The predicted octanol–water partition coefficient (Wildman–Crippen LogP) is 3.35. The Kier molecular flexibility index (Phi) is 5.66. The lowest BCUT2D eigenvalue weighted by Gasteiger charge is -2.35. The van der Waals surface area contributed by atoms with E-state index < -0.39 is 11.7 Å². The van der Waals surface area contributed by atoms with Crippen LogP contribution in [0.5, 0.6) is 0 Å². The highest BCUT2D eigenvalue weighted by Crippen LogP contribution is 2.30. The van der Waals surface area contributed by atoms with Crippen molar-refractivity contribution in [2.24, 2.45) is 5.92 Å². The Morgan fingerprint density at radius 3 is 2.26 bits per heavy atom. The molecule has 0 atom stereocenters. The van der Waals surface area contributed by atoms with E-state index in [1.54, 1.807) is 0 Å². The van der Waals surface area contributed by atoms with Gasteiger partial charge in [-0.15, -0.1) is 0 Å². The zero-order chi connectivity index (χ0) is 17.0. The maximum absolute atomic E-state index is 12.7. The van der Waals surface area contributed by atoms with Crippen LogP contribution in [-0.2, 0) is 12.7 Å². The summed E-state index contributed by atoms with van der Waals surface area (Å²) in [4.78, 5) is 4.60. The molecular formula is C17H22F3N3. The molecular weight excluding hydrogens is 303 g/mol. The summed E-state index contributed by atoms with van der Waals surface area (Å²) < 4.78 is 38.1. The van der Waals surface area contributed by atoms with E-state index in [0.717, 1.165) is 44.9 Å². The highest BCUT2D eigenvalue weighted by atomic mass is 19.4. The van der Waals surface area contributed by atoms with Crippen LogP contribution in [0, 0.1) is 17.2 Å². The molecule has 0 unspecified atom stereocenters. The number of alkyl halides is 3. The summed E-state index contributed by atoms with van der Waals surface area (Å²) in [6, 6.07) is 5.34. The molecule has 2 rings (SSSR count). The lowest BCUT2D eigenvalue weighted by Crippen LogP contribution is -2.46. The molecule has 0 aromatic heterocycles. The quantitative estimate of drug-likeness (QED) is 0.850. The van der Waals surface area contributed by atoms with Crippen LogP contribution in [0.2, 0.25) is 0 Å². The van der Waals surface area contributed by atoms with Crippen molar-refractivity contribution < 1.29 is 13.2 Å². The molecule has 1 aliphatic heterocycles. The van der Waals surface area contributed by atoms with E-state index in [4.69, 9.17) is 5.26 Å². The Labute approximate surface area is 135 Å². The molecule has 3 nitrogen and oxygen atoms in total. The average Bonchev–Trinajstić information content (AvgIpc) is 2.48. The second kappa shape index (κ2) is 7.33. The fourth-order valence-corrected chi connectivity index (χ4v) is 2.88. The summed E-state index contributed by atoms with van der Waals surface area (Å²) in [5.41, 5.74) is 0.0156. The Morgan fingerprint density at radius 1 is 1.13 bits per heavy atom. The van der Waals surface area contributed by atoms with Gasteiger partial charge in [0.1, 0.15) is 0 Å². The third kappa shape index (κ3) is 4.95. The smallest absolute Gasteiger partial charge is 0.301 e. The van der Waals surface area contributed by atoms with Crippen LogP contribution in [0.25, 0.3) is 0 Å². The second-order valence-electron chi connectivity index (χ2n) is 6.45. The van der Waals surface area contributed by atoms with Gasteiger partial charge in [-0.3, -0.25) is 4.90 Å². The molecule has 23 heavy (non-hydrogen) atoms. The minimum absolute atomic E-state index is 0.115. The van der Waals surface area contributed by atoms with Gasteiger partial charge in [0, 0.05) is 39.3 Å². The molecule has 126 valence electrons. The fraction of sp³-hybridized carbons (Fsp3) is 0.588. The van der Waals surface area contributed by atoms with Gasteiger partial charge in [-0.1, -0.05) is 19.9 Å². The lowest BCUT2D eigenvalue weighted by atomic mass is 10.0. The van der Waals surface area contributed by atoms with Crippen molar-refractivity contribution in [2.45, 2.75) is 26.6 Å². The monoisotopic (exact) mass is 325 g/mol. The standard InChI is InChI=1S/C17H22F3N3/c1-13(2)11-22-5-7-23(8-6-22)12-14-3-4-16(17(18,19)20)9-15(14)10-21/h3-4,9,13H,5-8,11-12H2,1-2H3. The zero-order valence-corrected chi connectivity index (χ0v) is 13.5. The van der Waals surface area contributed by atoms with Gasteiger partial charge in [0.05, 0.1) is 17.2 Å². The van der Waals surface area contributed by atoms with Crippen molar-refractivity contribution in [3.63, 3.8) is 0 Å². The molecule has 1 aromatic rings. The molecule has 1 aliphatic rings. The van der Waals surface area contributed by atoms with E-state index in [2.05, 4.69) is 23.6 Å². The molecule has 1 saturated heterocycles. The summed E-state index contributed by atoms with van der Waals surface area (Å²) in [6.45, 7) is 9.63. The van der Waals surface area contributed by atoms with Gasteiger partial charge >= 0.3 is 6.18 Å². The Morgan fingerprint density at radius 2 is 1.74 bits per heavy atom. The molecule has 1 fully saturated rings. The third-order valence-electron chi connectivity index (χ3n) is 4.04. The summed E-state index contributed by atoms with van der Waals surface area (Å²) in [6.07, 6.45) is -4.41. The third-order valence-corrected chi connectivity index (χ3v) is 4.04. The van der Waals surface area contributed by atoms with Crippen LogP contribution >= 0.6 is 0 Å². The number of hydrogen-bond donors (Lipinski definition) is 0. The van der Waals surface area contributed by atoms with E-state index in [-0.39, 0.29) is 5.56 Å². The topological polar surface area (TPSA) is 30.3 Å². The average molecular weight is 325 g/mol. The van der Waals surface area contributed by atoms with Crippen molar-refractivity contribution in [1.82, 2.24) is 9.80 Å². The molecule has 1 heterocycles. The number of benzene rings is 1. The minimum atomic E-state index is -4.41. The van der Waals surface area contributed by atoms with Crippen LogP contribution in [-0.4, -0.2) is 42.5 Å². The van der Waals surface area contributed by atoms with Gasteiger partial charge in [-0.2, -0.15) is 18.4 Å². The van der Waals surface area contributed by atoms with Gasteiger partial charge in [0.25, 0.3) is 0 Å². The number of piperazine rings is 1. The largest absolute Gasteiger partial charge is 0.416 e. The highest BCUT2D eigenvalue weighted by Gasteiger charge is 2.31. The maximum Gasteiger partial charge on any atom is 0.416 e. The minimum Gasteiger partial charge on any atom is -0.301 e. The number of nitriles is 1. The number of nitrogens with zero attached hydrogens (tertiary/aromatic N) is 3. The molecule has 0 saturated carbocycles. The fourth-order valence-electron chi connectivity index (χ4n) is 2.88. The number of halogens is 3. The van der Waals surface area contributed by atoms with Crippen LogP contribution < -0.4 is 0 Å². The first-order valence-electron chi connectivity index (χ1n) is 7.84. The summed E-state index contributed by atoms with van der Waals surface area (Å²) >= 11 is 0. The Hall–Kier alpha value is -1.58. The van der Waals surface area contributed by atoms with Crippen molar-refractivity contribution in [3.8, 4) is 6.07 Å². The van der Waals surface area contributed by atoms with Crippen LogP contribution in [0.1, 0.15) is 30.5 Å². The summed E-state index contributed by atoms with van der Waals surface area (Å²) in [5.74, 6) is 0.627. The molecule has 0 N–H and O–H groups in total. The van der Waals surface area contributed by atoms with Crippen LogP contribution in [0.3, 0.4) is 0 Å². The first kappa shape index (κ1) is 17.8. The first-order valence-corrected chi connectivity index (χ1v) is 7.84. The number of hydrogen-bond acceptors (Lipinski definition) is 3. The molecule has 0 radical (unpaired) electrons. The van der Waals surface area contributed by atoms with Crippen molar-refractivity contribution in [3.05, 3.63) is 34.9 Å². The SMILES string of the molecule is CC(C)CN1CCN(Cc2ccc(C(F)(F)F)cc2C#N)CC1. The number of rotatable bonds is 4. The summed E-state index contributed by atoms with van der Waals surface area (Å²) in [5, 5.41) is 9.14. The van der Waals surface area contributed by atoms with Crippen molar-refractivity contribution >= 4 is 0 Å². The highest BCUT2D eigenvalue weighted by molar-refractivity contribution is 5.41. The Bertz CT molecular complexity index is 567. The van der Waals surface area contributed by atoms with E-state index in [1.807, 2.05) is 6.07 Å². The van der Waals surface area contributed by atoms with Crippen molar-refractivity contribution in [1.29, 1.82) is 5.26 Å². The normalized spacial score (nSPS) is 17.4. The van der Waals surface area contributed by atoms with Gasteiger partial charge in [0.2, 0.25) is 0 Å². The van der Waals surface area contributed by atoms with E-state index >= 15 is 0 Å². The molecule has 0 bridgehead atoms. The van der Waals surface area contributed by atoms with Gasteiger partial charge in [-0.25, -0.2) is 0 Å². The van der Waals surface area contributed by atoms with E-state index in [0.29, 0.717) is 18.0 Å². The molecule has 1 aromatic carbocycles. The first-order chi connectivity index (χ1) is 10.8. The molecule has 0 amide bonds. The van der Waals surface area contributed by atoms with Gasteiger partial charge < -0.3 is 4.90 Å². The zero-order valence-electron chi connectivity index (χ0n) is 13.5.